The summed E-state index contributed by atoms with van der Waals surface area (Å²) in [4.78, 5) is 12.2. The van der Waals surface area contributed by atoms with Gasteiger partial charge in [-0.1, -0.05) is 31.0 Å². The van der Waals surface area contributed by atoms with Crippen molar-refractivity contribution in [2.75, 3.05) is 6.54 Å². The quantitative estimate of drug-likeness (QED) is 0.896. The number of carbonyl (C=O) groups excluding carboxylic acids is 1. The van der Waals surface area contributed by atoms with Crippen molar-refractivity contribution in [1.82, 2.24) is 5.32 Å². The van der Waals surface area contributed by atoms with E-state index in [2.05, 4.69) is 11.4 Å². The van der Waals surface area contributed by atoms with Crippen LogP contribution in [0, 0.1) is 16.7 Å². The van der Waals surface area contributed by atoms with Crippen LogP contribution in [-0.4, -0.2) is 18.6 Å². The van der Waals surface area contributed by atoms with Crippen LogP contribution in [0.1, 0.15) is 32.6 Å². The third-order valence-electron chi connectivity index (χ3n) is 3.74. The Morgan fingerprint density at radius 2 is 2.05 bits per heavy atom. The zero-order chi connectivity index (χ0) is 14.4. The molecule has 0 bridgehead atoms. The molecule has 1 aliphatic carbocycles. The molecule has 0 aromatic heterocycles. The van der Waals surface area contributed by atoms with Gasteiger partial charge in [-0.25, -0.2) is 0 Å². The fraction of sp³-hybridized carbons (Fsp3) is 0.500. The predicted molar refractivity (Wildman–Crippen MR) is 76.1 cm³/mol. The van der Waals surface area contributed by atoms with E-state index in [1.807, 2.05) is 37.3 Å². The lowest BCUT2D eigenvalue weighted by Crippen LogP contribution is -2.42. The summed E-state index contributed by atoms with van der Waals surface area (Å²) in [7, 11) is 0. The van der Waals surface area contributed by atoms with Gasteiger partial charge in [0.25, 0.3) is 0 Å². The Balaban J connectivity index is 1.83. The Bertz CT molecular complexity index is 487. The van der Waals surface area contributed by atoms with Gasteiger partial charge in [-0.2, -0.15) is 5.26 Å². The van der Waals surface area contributed by atoms with E-state index < -0.39 is 5.41 Å². The zero-order valence-electron chi connectivity index (χ0n) is 11.8. The molecule has 1 amide bonds. The molecule has 1 aromatic carbocycles. The number of carbonyl (C=O) groups is 1. The van der Waals surface area contributed by atoms with Crippen LogP contribution in [0.3, 0.4) is 0 Å². The molecule has 2 rings (SSSR count). The van der Waals surface area contributed by atoms with Crippen LogP contribution >= 0.6 is 0 Å². The number of para-hydroxylation sites is 1. The lowest BCUT2D eigenvalue weighted by Gasteiger charge is -2.21. The normalized spacial score (nSPS) is 18.0. The van der Waals surface area contributed by atoms with Crippen LogP contribution in [0.4, 0.5) is 0 Å². The second-order valence-electron chi connectivity index (χ2n) is 5.35. The molecule has 1 fully saturated rings. The van der Waals surface area contributed by atoms with Crippen LogP contribution in [0.15, 0.2) is 30.3 Å². The summed E-state index contributed by atoms with van der Waals surface area (Å²) in [6.45, 7) is 2.32. The number of amides is 1. The highest BCUT2D eigenvalue weighted by molar-refractivity contribution is 5.85. The van der Waals surface area contributed by atoms with Gasteiger partial charge in [0.1, 0.15) is 17.3 Å². The summed E-state index contributed by atoms with van der Waals surface area (Å²) in [5, 5.41) is 12.1. The van der Waals surface area contributed by atoms with E-state index in [0.29, 0.717) is 19.4 Å². The first-order valence-electron chi connectivity index (χ1n) is 7.07. The van der Waals surface area contributed by atoms with Crippen molar-refractivity contribution in [3.63, 3.8) is 0 Å². The van der Waals surface area contributed by atoms with Gasteiger partial charge in [0.2, 0.25) is 5.91 Å². The van der Waals surface area contributed by atoms with Crippen molar-refractivity contribution >= 4 is 5.91 Å². The number of hydrogen-bond donors (Lipinski definition) is 1. The van der Waals surface area contributed by atoms with Crippen LogP contribution in [0.5, 0.6) is 5.75 Å². The molecule has 1 aliphatic rings. The van der Waals surface area contributed by atoms with Crippen LogP contribution in [0.2, 0.25) is 0 Å². The minimum atomic E-state index is -0.813. The molecule has 0 saturated heterocycles. The summed E-state index contributed by atoms with van der Waals surface area (Å²) >= 11 is 0. The fourth-order valence-electron chi connectivity index (χ4n) is 2.55. The van der Waals surface area contributed by atoms with Crippen LogP contribution in [-0.2, 0) is 4.79 Å². The minimum Gasteiger partial charge on any atom is -0.489 e. The molecule has 4 heteroatoms. The van der Waals surface area contributed by atoms with E-state index in [0.717, 1.165) is 18.6 Å². The molecular formula is C16H20N2O2. The summed E-state index contributed by atoms with van der Waals surface area (Å²) in [5.41, 5.74) is -0.813. The minimum absolute atomic E-state index is 0.126. The molecule has 1 aromatic rings. The molecule has 1 saturated carbocycles. The number of ether oxygens (including phenoxy) is 1. The highest BCUT2D eigenvalue weighted by atomic mass is 16.5. The summed E-state index contributed by atoms with van der Waals surface area (Å²) in [6.07, 6.45) is 3.12. The van der Waals surface area contributed by atoms with Gasteiger partial charge in [-0.05, 0) is 31.9 Å². The highest BCUT2D eigenvalue weighted by Crippen LogP contribution is 2.37. The standard InChI is InChI=1S/C16H20N2O2/c1-13(20-14-7-3-2-4-8-14)11-18-15(19)16(12-17)9-5-6-10-16/h2-4,7-8,13H,5-6,9-11H2,1H3,(H,18,19)/t13-/m0/s1. The topological polar surface area (TPSA) is 62.1 Å². The van der Waals surface area contributed by atoms with Crippen LogP contribution in [0.25, 0.3) is 0 Å². The molecule has 4 nitrogen and oxygen atoms in total. The molecular weight excluding hydrogens is 252 g/mol. The van der Waals surface area contributed by atoms with E-state index in [-0.39, 0.29) is 12.0 Å². The number of nitrogens with zero attached hydrogens (tertiary/aromatic N) is 1. The lowest BCUT2D eigenvalue weighted by atomic mass is 9.87. The summed E-state index contributed by atoms with van der Waals surface area (Å²) < 4.78 is 5.70. The fourth-order valence-corrected chi connectivity index (χ4v) is 2.55. The predicted octanol–water partition coefficient (Wildman–Crippen LogP) is 2.65. The van der Waals surface area contributed by atoms with Gasteiger partial charge >= 0.3 is 0 Å². The summed E-state index contributed by atoms with van der Waals surface area (Å²) in [6, 6.07) is 11.7. The second-order valence-corrected chi connectivity index (χ2v) is 5.35. The van der Waals surface area contributed by atoms with Gasteiger partial charge in [-0.15, -0.1) is 0 Å². The van der Waals surface area contributed by atoms with Gasteiger partial charge < -0.3 is 10.1 Å². The summed E-state index contributed by atoms with van der Waals surface area (Å²) in [5.74, 6) is 0.631. The highest BCUT2D eigenvalue weighted by Gasteiger charge is 2.41. The van der Waals surface area contributed by atoms with E-state index >= 15 is 0 Å². The molecule has 0 radical (unpaired) electrons. The molecule has 0 aliphatic heterocycles. The number of benzene rings is 1. The molecule has 0 spiro atoms. The molecule has 0 unspecified atom stereocenters. The van der Waals surface area contributed by atoms with Crippen molar-refractivity contribution in [2.24, 2.45) is 5.41 Å². The SMILES string of the molecule is C[C@@H](CNC(=O)C1(C#N)CCCC1)Oc1ccccc1. The Morgan fingerprint density at radius 1 is 1.40 bits per heavy atom. The molecule has 106 valence electrons. The van der Waals surface area contributed by atoms with Crippen molar-refractivity contribution in [3.8, 4) is 11.8 Å². The monoisotopic (exact) mass is 272 g/mol. The van der Waals surface area contributed by atoms with E-state index in [4.69, 9.17) is 4.74 Å². The molecule has 1 N–H and O–H groups in total. The van der Waals surface area contributed by atoms with E-state index in [1.54, 1.807) is 0 Å². The van der Waals surface area contributed by atoms with E-state index in [9.17, 15) is 10.1 Å². The van der Waals surface area contributed by atoms with E-state index in [1.165, 1.54) is 0 Å². The van der Waals surface area contributed by atoms with Gasteiger partial charge in [-0.3, -0.25) is 4.79 Å². The Morgan fingerprint density at radius 3 is 2.65 bits per heavy atom. The second kappa shape index (κ2) is 6.42. The Labute approximate surface area is 119 Å². The lowest BCUT2D eigenvalue weighted by molar-refractivity contribution is -0.128. The maximum atomic E-state index is 12.2. The maximum Gasteiger partial charge on any atom is 0.240 e. The zero-order valence-corrected chi connectivity index (χ0v) is 11.8. The average molecular weight is 272 g/mol. The van der Waals surface area contributed by atoms with Gasteiger partial charge in [0.15, 0.2) is 0 Å². The van der Waals surface area contributed by atoms with Gasteiger partial charge in [0, 0.05) is 0 Å². The van der Waals surface area contributed by atoms with Crippen molar-refractivity contribution in [3.05, 3.63) is 30.3 Å². The molecule has 1 atom stereocenters. The van der Waals surface area contributed by atoms with Crippen molar-refractivity contribution in [2.45, 2.75) is 38.7 Å². The maximum absolute atomic E-state index is 12.2. The number of nitriles is 1. The van der Waals surface area contributed by atoms with Crippen LogP contribution < -0.4 is 10.1 Å². The first kappa shape index (κ1) is 14.4. The molecule has 0 heterocycles. The third kappa shape index (κ3) is 3.30. The average Bonchev–Trinajstić information content (AvgIpc) is 2.96. The smallest absolute Gasteiger partial charge is 0.240 e. The Hall–Kier alpha value is -2.02. The number of hydrogen-bond acceptors (Lipinski definition) is 3. The Kier molecular flexibility index (Phi) is 4.62. The number of nitrogens with one attached hydrogen (secondary N) is 1. The molecule has 20 heavy (non-hydrogen) atoms. The van der Waals surface area contributed by atoms with Crippen molar-refractivity contribution in [1.29, 1.82) is 5.26 Å². The number of rotatable bonds is 5. The van der Waals surface area contributed by atoms with Gasteiger partial charge in [0.05, 0.1) is 12.6 Å². The first-order chi connectivity index (χ1) is 9.66. The van der Waals surface area contributed by atoms with Crippen molar-refractivity contribution < 1.29 is 9.53 Å². The first-order valence-corrected chi connectivity index (χ1v) is 7.07. The third-order valence-corrected chi connectivity index (χ3v) is 3.74. The largest absolute Gasteiger partial charge is 0.489 e.